The lowest BCUT2D eigenvalue weighted by Gasteiger charge is -2.23. The Hall–Kier alpha value is -2.59. The molecule has 1 aromatic carbocycles. The first kappa shape index (κ1) is 25.1. The number of likely N-dealkylation sites (tertiary alicyclic amines) is 1. The molecule has 0 saturated carbocycles. The van der Waals surface area contributed by atoms with Crippen LogP contribution in [0.3, 0.4) is 0 Å². The highest BCUT2D eigenvalue weighted by atomic mass is 35.5. The Balaban J connectivity index is 1.61. The molecule has 0 amide bonds. The molecule has 5 rings (SSSR count). The molecule has 0 radical (unpaired) electrons. The summed E-state index contributed by atoms with van der Waals surface area (Å²) in [5.74, 6) is 2.11. The molecule has 2 unspecified atom stereocenters. The van der Waals surface area contributed by atoms with Crippen LogP contribution in [0.5, 0.6) is 11.5 Å². The summed E-state index contributed by atoms with van der Waals surface area (Å²) in [4.78, 5) is 16.7. The van der Waals surface area contributed by atoms with Gasteiger partial charge in [0, 0.05) is 42.4 Å². The predicted octanol–water partition coefficient (Wildman–Crippen LogP) is 4.72. The molecular formula is C25H30Cl2N6O3. The van der Waals surface area contributed by atoms with Crippen LogP contribution in [0.4, 0.5) is 11.8 Å². The molecule has 2 N–H and O–H groups in total. The van der Waals surface area contributed by atoms with Crippen molar-refractivity contribution in [3.05, 3.63) is 28.4 Å². The first-order valence-corrected chi connectivity index (χ1v) is 12.8. The molecule has 4 heterocycles. The van der Waals surface area contributed by atoms with Gasteiger partial charge in [0.2, 0.25) is 5.95 Å². The van der Waals surface area contributed by atoms with Gasteiger partial charge >= 0.3 is 0 Å². The quantitative estimate of drug-likeness (QED) is 0.447. The van der Waals surface area contributed by atoms with Crippen LogP contribution in [0.1, 0.15) is 19.3 Å². The molecule has 2 atom stereocenters. The molecule has 11 heteroatoms. The predicted molar refractivity (Wildman–Crippen MR) is 143 cm³/mol. The number of ether oxygens (including phenoxy) is 3. The van der Waals surface area contributed by atoms with Gasteiger partial charge in [-0.05, 0) is 38.9 Å². The molecule has 0 spiro atoms. The number of hydrogen-bond donors (Lipinski definition) is 2. The van der Waals surface area contributed by atoms with Crippen LogP contribution in [-0.2, 0) is 4.74 Å². The zero-order chi connectivity index (χ0) is 25.2. The average molecular weight is 533 g/mol. The fourth-order valence-electron chi connectivity index (χ4n) is 4.73. The van der Waals surface area contributed by atoms with Crippen molar-refractivity contribution in [2.24, 2.45) is 0 Å². The van der Waals surface area contributed by atoms with Crippen molar-refractivity contribution in [1.29, 1.82) is 0 Å². The van der Waals surface area contributed by atoms with Gasteiger partial charge in [0.05, 0.1) is 42.6 Å². The topological polar surface area (TPSA) is 93.7 Å². The zero-order valence-corrected chi connectivity index (χ0v) is 22.1. The number of methoxy groups -OCH3 is 2. The molecule has 2 saturated heterocycles. The number of nitrogens with zero attached hydrogens (tertiary/aromatic N) is 4. The monoisotopic (exact) mass is 532 g/mol. The number of nitrogens with one attached hydrogen (secondary N) is 2. The van der Waals surface area contributed by atoms with Crippen LogP contribution in [0.15, 0.2) is 18.3 Å². The van der Waals surface area contributed by atoms with E-state index >= 15 is 0 Å². The van der Waals surface area contributed by atoms with E-state index < -0.39 is 0 Å². The Morgan fingerprint density at radius 2 is 1.81 bits per heavy atom. The van der Waals surface area contributed by atoms with Crippen LogP contribution < -0.4 is 20.1 Å². The minimum absolute atomic E-state index is 0.185. The minimum atomic E-state index is 0.185. The Morgan fingerprint density at radius 3 is 2.44 bits per heavy atom. The summed E-state index contributed by atoms with van der Waals surface area (Å²) in [6.45, 7) is 3.38. The van der Waals surface area contributed by atoms with E-state index in [0.717, 1.165) is 49.9 Å². The van der Waals surface area contributed by atoms with Crippen molar-refractivity contribution in [1.82, 2.24) is 19.9 Å². The summed E-state index contributed by atoms with van der Waals surface area (Å²) in [6.07, 6.45) is 4.84. The molecule has 2 aliphatic heterocycles. The first-order valence-electron chi connectivity index (χ1n) is 12.0. The summed E-state index contributed by atoms with van der Waals surface area (Å²) in [6, 6.07) is 3.98. The van der Waals surface area contributed by atoms with E-state index in [0.29, 0.717) is 51.2 Å². The Bertz CT molecular complexity index is 1230. The third-order valence-corrected chi connectivity index (χ3v) is 7.37. The zero-order valence-electron chi connectivity index (χ0n) is 20.6. The molecule has 0 aliphatic carbocycles. The second kappa shape index (κ2) is 10.8. The number of anilines is 2. The summed E-state index contributed by atoms with van der Waals surface area (Å²) in [5.41, 5.74) is 1.84. The van der Waals surface area contributed by atoms with Gasteiger partial charge in [-0.3, -0.25) is 0 Å². The molecule has 2 fully saturated rings. The summed E-state index contributed by atoms with van der Waals surface area (Å²) >= 11 is 13.4. The minimum Gasteiger partial charge on any atom is -0.495 e. The van der Waals surface area contributed by atoms with Crippen molar-refractivity contribution in [2.75, 3.05) is 58.2 Å². The molecule has 3 aromatic rings. The van der Waals surface area contributed by atoms with E-state index in [4.69, 9.17) is 47.4 Å². The number of likely N-dealkylation sites (N-methyl/N-ethyl adjacent to an activating group) is 1. The number of benzene rings is 1. The standard InChI is InChI=1S/C25H30Cl2N6O3/c1-33-7-6-15(12-33)29-24-23-14(11-28-25(32-23)30-16-5-4-8-36-13-16)9-17(31-24)20-21(26)18(34-2)10-19(35-3)22(20)27/h9-11,15-16H,4-8,12-13H2,1-3H3,(H,29,31)(H,28,30,32). The Kier molecular flexibility index (Phi) is 7.52. The summed E-state index contributed by atoms with van der Waals surface area (Å²) in [7, 11) is 5.22. The van der Waals surface area contributed by atoms with E-state index in [1.165, 1.54) is 0 Å². The number of aromatic nitrogens is 3. The lowest BCUT2D eigenvalue weighted by atomic mass is 10.1. The lowest BCUT2D eigenvalue weighted by molar-refractivity contribution is 0.0874. The number of pyridine rings is 1. The molecule has 2 aromatic heterocycles. The summed E-state index contributed by atoms with van der Waals surface area (Å²) < 4.78 is 16.5. The van der Waals surface area contributed by atoms with E-state index in [-0.39, 0.29) is 12.1 Å². The Morgan fingerprint density at radius 1 is 1.03 bits per heavy atom. The van der Waals surface area contributed by atoms with E-state index in [2.05, 4.69) is 27.6 Å². The van der Waals surface area contributed by atoms with Crippen LogP contribution in [-0.4, -0.2) is 79.5 Å². The maximum absolute atomic E-state index is 6.72. The van der Waals surface area contributed by atoms with Crippen LogP contribution in [0.2, 0.25) is 10.0 Å². The highest BCUT2D eigenvalue weighted by molar-refractivity contribution is 6.41. The summed E-state index contributed by atoms with van der Waals surface area (Å²) in [5, 5.41) is 8.55. The van der Waals surface area contributed by atoms with Gasteiger partial charge in [0.15, 0.2) is 5.82 Å². The van der Waals surface area contributed by atoms with Crippen molar-refractivity contribution >= 4 is 45.9 Å². The SMILES string of the molecule is COc1cc(OC)c(Cl)c(-c2cc3cnc(NC4CCCOC4)nc3c(NC3CCN(C)C3)n2)c1Cl. The van der Waals surface area contributed by atoms with Crippen molar-refractivity contribution in [3.8, 4) is 22.8 Å². The van der Waals surface area contributed by atoms with Gasteiger partial charge in [0.25, 0.3) is 0 Å². The smallest absolute Gasteiger partial charge is 0.223 e. The highest BCUT2D eigenvalue weighted by Crippen LogP contribution is 2.46. The molecule has 0 bridgehead atoms. The second-order valence-electron chi connectivity index (χ2n) is 9.22. The molecule has 2 aliphatic rings. The maximum Gasteiger partial charge on any atom is 0.223 e. The fourth-order valence-corrected chi connectivity index (χ4v) is 5.43. The second-order valence-corrected chi connectivity index (χ2v) is 9.98. The van der Waals surface area contributed by atoms with E-state index in [1.54, 1.807) is 26.5 Å². The highest BCUT2D eigenvalue weighted by Gasteiger charge is 2.25. The third kappa shape index (κ3) is 5.11. The molecule has 36 heavy (non-hydrogen) atoms. The third-order valence-electron chi connectivity index (χ3n) is 6.62. The van der Waals surface area contributed by atoms with Crippen molar-refractivity contribution in [2.45, 2.75) is 31.3 Å². The van der Waals surface area contributed by atoms with Crippen molar-refractivity contribution < 1.29 is 14.2 Å². The number of hydrogen-bond acceptors (Lipinski definition) is 9. The number of rotatable bonds is 7. The lowest BCUT2D eigenvalue weighted by Crippen LogP contribution is -2.30. The average Bonchev–Trinajstić information content (AvgIpc) is 3.29. The number of halogens is 2. The van der Waals surface area contributed by atoms with Gasteiger partial charge in [-0.25, -0.2) is 15.0 Å². The maximum atomic E-state index is 6.72. The number of fused-ring (bicyclic) bond motifs is 1. The van der Waals surface area contributed by atoms with Gasteiger partial charge in [-0.1, -0.05) is 23.2 Å². The van der Waals surface area contributed by atoms with Gasteiger partial charge in [-0.15, -0.1) is 0 Å². The molecule has 192 valence electrons. The van der Waals surface area contributed by atoms with Gasteiger partial charge in [-0.2, -0.15) is 0 Å². The molecule has 9 nitrogen and oxygen atoms in total. The van der Waals surface area contributed by atoms with Crippen molar-refractivity contribution in [3.63, 3.8) is 0 Å². The Labute approximate surface area is 220 Å². The van der Waals surface area contributed by atoms with Crippen LogP contribution in [0, 0.1) is 0 Å². The van der Waals surface area contributed by atoms with E-state index in [9.17, 15) is 0 Å². The van der Waals surface area contributed by atoms with Gasteiger partial charge < -0.3 is 29.7 Å². The van der Waals surface area contributed by atoms with Gasteiger partial charge in [0.1, 0.15) is 17.0 Å². The molecular weight excluding hydrogens is 503 g/mol. The fraction of sp³-hybridized carbons (Fsp3) is 0.480. The largest absolute Gasteiger partial charge is 0.495 e. The normalized spacial score (nSPS) is 20.5. The van der Waals surface area contributed by atoms with E-state index in [1.807, 2.05) is 6.07 Å². The first-order chi connectivity index (χ1) is 17.5. The van der Waals surface area contributed by atoms with Crippen LogP contribution in [0.25, 0.3) is 22.2 Å². The van der Waals surface area contributed by atoms with Crippen LogP contribution >= 0.6 is 23.2 Å².